The van der Waals surface area contributed by atoms with E-state index in [9.17, 15) is 8.42 Å². The molecule has 6 nitrogen and oxygen atoms in total. The summed E-state index contributed by atoms with van der Waals surface area (Å²) >= 11 is 0. The van der Waals surface area contributed by atoms with Crippen molar-refractivity contribution in [2.75, 3.05) is 4.72 Å². The van der Waals surface area contributed by atoms with Crippen molar-refractivity contribution in [1.29, 1.82) is 0 Å². The van der Waals surface area contributed by atoms with E-state index in [2.05, 4.69) is 20.3 Å². The molecule has 0 aliphatic carbocycles. The van der Waals surface area contributed by atoms with Crippen LogP contribution in [0.25, 0.3) is 10.8 Å². The third-order valence-corrected chi connectivity index (χ3v) is 7.18. The number of rotatable bonds is 8. The van der Waals surface area contributed by atoms with E-state index in [1.165, 1.54) is 0 Å². The van der Waals surface area contributed by atoms with Crippen LogP contribution in [0.3, 0.4) is 0 Å². The molecule has 1 aromatic heterocycles. The molecule has 0 unspecified atom stereocenters. The lowest BCUT2D eigenvalue weighted by molar-refractivity contribution is 0.601. The van der Waals surface area contributed by atoms with Crippen LogP contribution in [0.15, 0.2) is 83.2 Å². The van der Waals surface area contributed by atoms with Gasteiger partial charge in [0.25, 0.3) is 10.0 Å². The fourth-order valence-electron chi connectivity index (χ4n) is 4.13. The normalized spacial score (nSPS) is 12.8. The Bertz CT molecular complexity index is 1410. The molecule has 0 amide bonds. The van der Waals surface area contributed by atoms with Gasteiger partial charge in [-0.2, -0.15) is 0 Å². The second-order valence-electron chi connectivity index (χ2n) is 8.10. The predicted octanol–water partition coefficient (Wildman–Crippen LogP) is 5.45. The first-order chi connectivity index (χ1) is 15.5. The molecular formula is C25H24N4O2S. The van der Waals surface area contributed by atoms with Crippen LogP contribution in [0.1, 0.15) is 30.4 Å². The molecule has 0 atom stereocenters. The molecule has 162 valence electrons. The quantitative estimate of drug-likeness (QED) is 0.367. The summed E-state index contributed by atoms with van der Waals surface area (Å²) in [5.74, 6) is 0. The van der Waals surface area contributed by atoms with Gasteiger partial charge in [0.1, 0.15) is 0 Å². The van der Waals surface area contributed by atoms with Gasteiger partial charge >= 0.3 is 0 Å². The van der Waals surface area contributed by atoms with Gasteiger partial charge in [-0.3, -0.25) is 9.71 Å². The smallest absolute Gasteiger partial charge is 0.261 e. The molecule has 1 N–H and O–H groups in total. The predicted molar refractivity (Wildman–Crippen MR) is 128 cm³/mol. The highest BCUT2D eigenvalue weighted by Gasteiger charge is 2.22. The standard InChI is InChI=1S/C25H24N4O2S/c1-18-8-10-19(11-9-18)32(30,31)28-23-12-13-24-25-20(5-4-6-21(23)25)22(27-24)7-2-3-15-29-16-14-26-17-29/h4-6,8-14,16-17,28H,2-3,7,15H2,1H3. The highest BCUT2D eigenvalue weighted by atomic mass is 32.2. The lowest BCUT2D eigenvalue weighted by Crippen LogP contribution is -2.13. The molecule has 0 fully saturated rings. The van der Waals surface area contributed by atoms with Gasteiger partial charge in [0.05, 0.1) is 22.6 Å². The minimum atomic E-state index is -3.67. The Hall–Kier alpha value is -3.45. The first kappa shape index (κ1) is 20.5. The Morgan fingerprint density at radius 1 is 1.00 bits per heavy atom. The number of hydrogen-bond donors (Lipinski definition) is 1. The number of benzene rings is 3. The molecule has 0 bridgehead atoms. The Labute approximate surface area is 187 Å². The first-order valence-corrected chi connectivity index (χ1v) is 12.2. The molecule has 0 spiro atoms. The Balaban J connectivity index is 1.37. The third kappa shape index (κ3) is 3.91. The zero-order valence-electron chi connectivity index (χ0n) is 17.8. The molecule has 1 aliphatic heterocycles. The van der Waals surface area contributed by atoms with Crippen LogP contribution >= 0.6 is 0 Å². The second kappa shape index (κ2) is 8.24. The number of aryl methyl sites for hydroxylation is 2. The summed E-state index contributed by atoms with van der Waals surface area (Å²) in [6, 6.07) is 16.6. The summed E-state index contributed by atoms with van der Waals surface area (Å²) in [5.41, 5.74) is 4.65. The number of anilines is 1. The zero-order chi connectivity index (χ0) is 22.1. The fraction of sp³-hybridized carbons (Fsp3) is 0.200. The van der Waals surface area contributed by atoms with Crippen LogP contribution < -0.4 is 4.72 Å². The van der Waals surface area contributed by atoms with Crippen molar-refractivity contribution in [3.63, 3.8) is 0 Å². The van der Waals surface area contributed by atoms with Gasteiger partial charge < -0.3 is 4.57 Å². The van der Waals surface area contributed by atoms with Gasteiger partial charge in [0.15, 0.2) is 0 Å². The third-order valence-electron chi connectivity index (χ3n) is 5.80. The van der Waals surface area contributed by atoms with E-state index in [0.717, 1.165) is 59.1 Å². The van der Waals surface area contributed by atoms with Crippen LogP contribution in [0.2, 0.25) is 0 Å². The highest BCUT2D eigenvalue weighted by Crippen LogP contribution is 2.40. The summed E-state index contributed by atoms with van der Waals surface area (Å²) < 4.78 is 30.7. The summed E-state index contributed by atoms with van der Waals surface area (Å²) in [6.07, 6.45) is 8.55. The SMILES string of the molecule is Cc1ccc(S(=O)(=O)Nc2ccc3c4c(cccc24)C(CCCCn2ccnc2)=N3)cc1. The minimum absolute atomic E-state index is 0.251. The average molecular weight is 445 g/mol. The molecule has 32 heavy (non-hydrogen) atoms. The molecule has 0 saturated heterocycles. The maximum absolute atomic E-state index is 12.9. The van der Waals surface area contributed by atoms with E-state index in [4.69, 9.17) is 4.99 Å². The van der Waals surface area contributed by atoms with Gasteiger partial charge in [0, 0.05) is 41.0 Å². The Morgan fingerprint density at radius 3 is 2.62 bits per heavy atom. The monoisotopic (exact) mass is 444 g/mol. The molecule has 3 aromatic carbocycles. The lowest BCUT2D eigenvalue weighted by atomic mass is 9.99. The van der Waals surface area contributed by atoms with Gasteiger partial charge in [-0.05, 0) is 50.5 Å². The Morgan fingerprint density at radius 2 is 1.84 bits per heavy atom. The van der Waals surface area contributed by atoms with Crippen LogP contribution in [0.5, 0.6) is 0 Å². The van der Waals surface area contributed by atoms with Crippen molar-refractivity contribution in [3.05, 3.63) is 84.4 Å². The second-order valence-corrected chi connectivity index (χ2v) is 9.78. The van der Waals surface area contributed by atoms with Gasteiger partial charge in [0.2, 0.25) is 0 Å². The van der Waals surface area contributed by atoms with Gasteiger partial charge in [-0.25, -0.2) is 13.4 Å². The van der Waals surface area contributed by atoms with Crippen molar-refractivity contribution < 1.29 is 8.42 Å². The lowest BCUT2D eigenvalue weighted by Gasteiger charge is -2.12. The number of imidazole rings is 1. The molecule has 2 heterocycles. The molecule has 7 heteroatoms. The number of hydrogen-bond acceptors (Lipinski definition) is 4. The van der Waals surface area contributed by atoms with Crippen molar-refractivity contribution in [1.82, 2.24) is 9.55 Å². The van der Waals surface area contributed by atoms with E-state index >= 15 is 0 Å². The van der Waals surface area contributed by atoms with Gasteiger partial charge in [-0.15, -0.1) is 0 Å². The number of aromatic nitrogens is 2. The number of aliphatic imine (C=N–C) groups is 1. The van der Waals surface area contributed by atoms with Crippen molar-refractivity contribution >= 4 is 37.9 Å². The van der Waals surface area contributed by atoms with Crippen LogP contribution in [-0.4, -0.2) is 23.7 Å². The summed E-state index contributed by atoms with van der Waals surface area (Å²) in [5, 5.41) is 1.88. The summed E-state index contributed by atoms with van der Waals surface area (Å²) in [4.78, 5) is 9.19. The summed E-state index contributed by atoms with van der Waals surface area (Å²) in [7, 11) is -3.67. The molecule has 0 saturated carbocycles. The number of nitrogens with one attached hydrogen (secondary N) is 1. The van der Waals surface area contributed by atoms with Crippen LogP contribution in [-0.2, 0) is 16.6 Å². The number of nitrogens with zero attached hydrogens (tertiary/aromatic N) is 3. The first-order valence-electron chi connectivity index (χ1n) is 10.7. The molecule has 0 radical (unpaired) electrons. The maximum Gasteiger partial charge on any atom is 0.261 e. The topological polar surface area (TPSA) is 76.3 Å². The molecule has 5 rings (SSSR count). The minimum Gasteiger partial charge on any atom is -0.337 e. The van der Waals surface area contributed by atoms with Crippen LogP contribution in [0.4, 0.5) is 11.4 Å². The largest absolute Gasteiger partial charge is 0.337 e. The zero-order valence-corrected chi connectivity index (χ0v) is 18.6. The van der Waals surface area contributed by atoms with E-state index in [1.54, 1.807) is 36.5 Å². The Kier molecular flexibility index (Phi) is 5.27. The molecule has 1 aliphatic rings. The van der Waals surface area contributed by atoms with Crippen molar-refractivity contribution in [3.8, 4) is 0 Å². The van der Waals surface area contributed by atoms with E-state index in [-0.39, 0.29) is 4.90 Å². The average Bonchev–Trinajstić information content (AvgIpc) is 3.43. The van der Waals surface area contributed by atoms with Crippen molar-refractivity contribution in [2.45, 2.75) is 37.6 Å². The maximum atomic E-state index is 12.9. The van der Waals surface area contributed by atoms with E-state index < -0.39 is 10.0 Å². The number of sulfonamides is 1. The fourth-order valence-corrected chi connectivity index (χ4v) is 5.21. The van der Waals surface area contributed by atoms with Crippen molar-refractivity contribution in [2.24, 2.45) is 4.99 Å². The van der Waals surface area contributed by atoms with E-state index in [0.29, 0.717) is 5.69 Å². The molecular weight excluding hydrogens is 420 g/mol. The molecule has 4 aromatic rings. The van der Waals surface area contributed by atoms with E-state index in [1.807, 2.05) is 37.6 Å². The number of unbranched alkanes of at least 4 members (excludes halogenated alkanes) is 1. The van der Waals surface area contributed by atoms with Crippen LogP contribution in [0, 0.1) is 6.92 Å². The highest BCUT2D eigenvalue weighted by molar-refractivity contribution is 7.92. The summed E-state index contributed by atoms with van der Waals surface area (Å²) in [6.45, 7) is 2.87. The van der Waals surface area contributed by atoms with Gasteiger partial charge in [-0.1, -0.05) is 35.9 Å².